The summed E-state index contributed by atoms with van der Waals surface area (Å²) in [5, 5.41) is 9.43. The Morgan fingerprint density at radius 1 is 1.33 bits per heavy atom. The number of rotatable bonds is 2. The van der Waals surface area contributed by atoms with Crippen molar-refractivity contribution >= 4 is 17.7 Å². The minimum Gasteiger partial charge on any atom is -0.480 e. The third-order valence-electron chi connectivity index (χ3n) is 4.60. The summed E-state index contributed by atoms with van der Waals surface area (Å²) >= 11 is 0. The van der Waals surface area contributed by atoms with Gasteiger partial charge in [0.2, 0.25) is 0 Å². The zero-order valence-corrected chi connectivity index (χ0v) is 12.2. The Hall–Kier alpha value is -2.04. The summed E-state index contributed by atoms with van der Waals surface area (Å²) in [5.74, 6) is -0.402. The van der Waals surface area contributed by atoms with Crippen molar-refractivity contribution in [3.8, 4) is 0 Å². The molecule has 3 rings (SSSR count). The molecule has 1 aromatic carbocycles. The summed E-state index contributed by atoms with van der Waals surface area (Å²) < 4.78 is 0. The number of hydrogen-bond acceptors (Lipinski definition) is 2. The lowest BCUT2D eigenvalue weighted by Crippen LogP contribution is -2.49. The number of hydrogen-bond donors (Lipinski definition) is 1. The van der Waals surface area contributed by atoms with E-state index in [0.717, 1.165) is 37.2 Å². The quantitative estimate of drug-likeness (QED) is 0.908. The van der Waals surface area contributed by atoms with Gasteiger partial charge in [-0.25, -0.2) is 9.59 Å². The monoisotopic (exact) mass is 288 g/mol. The van der Waals surface area contributed by atoms with E-state index in [1.807, 2.05) is 24.3 Å². The van der Waals surface area contributed by atoms with E-state index in [1.165, 1.54) is 4.90 Å². The van der Waals surface area contributed by atoms with Crippen LogP contribution in [0.3, 0.4) is 0 Å². The van der Waals surface area contributed by atoms with Crippen LogP contribution in [-0.4, -0.2) is 41.1 Å². The molecule has 0 saturated carbocycles. The van der Waals surface area contributed by atoms with E-state index in [2.05, 4.69) is 6.92 Å². The van der Waals surface area contributed by atoms with E-state index in [1.54, 1.807) is 4.90 Å². The highest BCUT2D eigenvalue weighted by atomic mass is 16.4. The molecule has 0 bridgehead atoms. The molecule has 2 atom stereocenters. The molecule has 2 heterocycles. The summed E-state index contributed by atoms with van der Waals surface area (Å²) in [4.78, 5) is 27.5. The SMILES string of the molecule is CCC1CCN(C(=O)N2c3ccccc3C[C@H]2C(=O)O)C1. The van der Waals surface area contributed by atoms with E-state index in [0.29, 0.717) is 12.3 Å². The fourth-order valence-corrected chi connectivity index (χ4v) is 3.31. The van der Waals surface area contributed by atoms with Gasteiger partial charge in [-0.2, -0.15) is 0 Å². The number of benzene rings is 1. The van der Waals surface area contributed by atoms with Crippen LogP contribution in [0.1, 0.15) is 25.3 Å². The highest BCUT2D eigenvalue weighted by molar-refractivity contribution is 6.01. The Kier molecular flexibility index (Phi) is 3.57. The molecule has 2 aliphatic rings. The molecular formula is C16H20N2O3. The van der Waals surface area contributed by atoms with Gasteiger partial charge in [0.15, 0.2) is 0 Å². The predicted octanol–water partition coefficient (Wildman–Crippen LogP) is 2.35. The topological polar surface area (TPSA) is 60.9 Å². The number of aliphatic carboxylic acids is 1. The minimum atomic E-state index is -0.939. The van der Waals surface area contributed by atoms with E-state index in [-0.39, 0.29) is 6.03 Å². The lowest BCUT2D eigenvalue weighted by molar-refractivity contribution is -0.138. The highest BCUT2D eigenvalue weighted by Gasteiger charge is 2.41. The van der Waals surface area contributed by atoms with E-state index >= 15 is 0 Å². The number of carboxylic acids is 1. The van der Waals surface area contributed by atoms with Gasteiger partial charge in [-0.05, 0) is 24.0 Å². The number of para-hydroxylation sites is 1. The average molecular weight is 288 g/mol. The molecule has 5 nitrogen and oxygen atoms in total. The number of carbonyl (C=O) groups is 2. The molecule has 1 fully saturated rings. The van der Waals surface area contributed by atoms with Crippen LogP contribution < -0.4 is 4.90 Å². The number of carboxylic acid groups (broad SMARTS) is 1. The van der Waals surface area contributed by atoms with Gasteiger partial charge in [-0.15, -0.1) is 0 Å². The molecule has 1 N–H and O–H groups in total. The Bertz CT molecular complexity index is 572. The maximum absolute atomic E-state index is 12.8. The highest BCUT2D eigenvalue weighted by Crippen LogP contribution is 2.34. The van der Waals surface area contributed by atoms with Gasteiger partial charge in [-0.3, -0.25) is 4.90 Å². The molecule has 2 aliphatic heterocycles. The van der Waals surface area contributed by atoms with Gasteiger partial charge in [0.1, 0.15) is 6.04 Å². The molecule has 0 aromatic heterocycles. The maximum Gasteiger partial charge on any atom is 0.327 e. The molecule has 0 aliphatic carbocycles. The first-order valence-electron chi connectivity index (χ1n) is 7.50. The van der Waals surface area contributed by atoms with Gasteiger partial charge >= 0.3 is 12.0 Å². The minimum absolute atomic E-state index is 0.164. The predicted molar refractivity (Wildman–Crippen MR) is 79.4 cm³/mol. The molecule has 0 radical (unpaired) electrons. The third-order valence-corrected chi connectivity index (χ3v) is 4.60. The normalized spacial score (nSPS) is 24.2. The van der Waals surface area contributed by atoms with Crippen LogP contribution in [0.15, 0.2) is 24.3 Å². The molecule has 112 valence electrons. The van der Waals surface area contributed by atoms with Crippen molar-refractivity contribution in [2.45, 2.75) is 32.2 Å². The van der Waals surface area contributed by atoms with Crippen molar-refractivity contribution in [1.29, 1.82) is 0 Å². The zero-order valence-electron chi connectivity index (χ0n) is 12.2. The number of urea groups is 1. The summed E-state index contributed by atoms with van der Waals surface area (Å²) in [6, 6.07) is 6.52. The smallest absolute Gasteiger partial charge is 0.327 e. The fraction of sp³-hybridized carbons (Fsp3) is 0.500. The Balaban J connectivity index is 1.87. The third kappa shape index (κ3) is 2.37. The molecule has 1 aromatic rings. The van der Waals surface area contributed by atoms with E-state index in [9.17, 15) is 14.7 Å². The van der Waals surface area contributed by atoms with Crippen LogP contribution >= 0.6 is 0 Å². The standard InChI is InChI=1S/C16H20N2O3/c1-2-11-7-8-17(10-11)16(21)18-13-6-4-3-5-12(13)9-14(18)15(19)20/h3-6,11,14H,2,7-10H2,1H3,(H,19,20)/t11?,14-/m0/s1. The van der Waals surface area contributed by atoms with Gasteiger partial charge < -0.3 is 10.0 Å². The Morgan fingerprint density at radius 3 is 2.76 bits per heavy atom. The second kappa shape index (κ2) is 5.39. The molecule has 1 saturated heterocycles. The second-order valence-corrected chi connectivity index (χ2v) is 5.85. The van der Waals surface area contributed by atoms with Crippen LogP contribution in [0, 0.1) is 5.92 Å². The number of carbonyl (C=O) groups excluding carboxylic acids is 1. The first-order valence-corrected chi connectivity index (χ1v) is 7.50. The number of fused-ring (bicyclic) bond motifs is 1. The zero-order chi connectivity index (χ0) is 15.0. The van der Waals surface area contributed by atoms with Crippen molar-refractivity contribution in [3.63, 3.8) is 0 Å². The number of amides is 2. The van der Waals surface area contributed by atoms with Crippen molar-refractivity contribution < 1.29 is 14.7 Å². The van der Waals surface area contributed by atoms with E-state index < -0.39 is 12.0 Å². The second-order valence-electron chi connectivity index (χ2n) is 5.85. The van der Waals surface area contributed by atoms with Crippen molar-refractivity contribution in [2.75, 3.05) is 18.0 Å². The van der Waals surface area contributed by atoms with E-state index in [4.69, 9.17) is 0 Å². The van der Waals surface area contributed by atoms with Gasteiger partial charge in [0.05, 0.1) is 0 Å². The maximum atomic E-state index is 12.8. The molecule has 1 unspecified atom stereocenters. The summed E-state index contributed by atoms with van der Waals surface area (Å²) in [6.07, 6.45) is 2.46. The van der Waals surface area contributed by atoms with Gasteiger partial charge in [-0.1, -0.05) is 31.5 Å². The van der Waals surface area contributed by atoms with Crippen LogP contribution in [0.4, 0.5) is 10.5 Å². The molecule has 5 heteroatoms. The van der Waals surface area contributed by atoms with Gasteiger partial charge in [0, 0.05) is 25.2 Å². The Labute approximate surface area is 124 Å². The van der Waals surface area contributed by atoms with Crippen LogP contribution in [-0.2, 0) is 11.2 Å². The van der Waals surface area contributed by atoms with Crippen LogP contribution in [0.5, 0.6) is 0 Å². The Morgan fingerprint density at radius 2 is 2.10 bits per heavy atom. The summed E-state index contributed by atoms with van der Waals surface area (Å²) in [6.45, 7) is 3.59. The largest absolute Gasteiger partial charge is 0.480 e. The summed E-state index contributed by atoms with van der Waals surface area (Å²) in [7, 11) is 0. The fourth-order valence-electron chi connectivity index (χ4n) is 3.31. The number of likely N-dealkylation sites (tertiary alicyclic amines) is 1. The number of nitrogens with zero attached hydrogens (tertiary/aromatic N) is 2. The first kappa shape index (κ1) is 13.9. The number of anilines is 1. The molecule has 21 heavy (non-hydrogen) atoms. The lowest BCUT2D eigenvalue weighted by atomic mass is 10.1. The van der Waals surface area contributed by atoms with Gasteiger partial charge in [0.25, 0.3) is 0 Å². The van der Waals surface area contributed by atoms with Crippen LogP contribution in [0.25, 0.3) is 0 Å². The molecule has 2 amide bonds. The van der Waals surface area contributed by atoms with Crippen molar-refractivity contribution in [2.24, 2.45) is 5.92 Å². The van der Waals surface area contributed by atoms with Crippen molar-refractivity contribution in [1.82, 2.24) is 4.90 Å². The lowest BCUT2D eigenvalue weighted by Gasteiger charge is -2.28. The summed E-state index contributed by atoms with van der Waals surface area (Å²) in [5.41, 5.74) is 1.68. The molecular weight excluding hydrogens is 268 g/mol. The van der Waals surface area contributed by atoms with Crippen LogP contribution in [0.2, 0.25) is 0 Å². The molecule has 0 spiro atoms. The first-order chi connectivity index (χ1) is 10.1. The van der Waals surface area contributed by atoms with Crippen molar-refractivity contribution in [3.05, 3.63) is 29.8 Å². The average Bonchev–Trinajstić information content (AvgIpc) is 3.11.